The lowest BCUT2D eigenvalue weighted by molar-refractivity contribution is 0.0705. The summed E-state index contributed by atoms with van der Waals surface area (Å²) in [7, 11) is -3.79. The summed E-state index contributed by atoms with van der Waals surface area (Å²) in [6, 6.07) is 6.35. The minimum atomic E-state index is -3.79. The van der Waals surface area contributed by atoms with Gasteiger partial charge in [0.15, 0.2) is 0 Å². The Labute approximate surface area is 118 Å². The summed E-state index contributed by atoms with van der Waals surface area (Å²) >= 11 is 0. The normalized spacial score (nSPS) is 14.8. The summed E-state index contributed by atoms with van der Waals surface area (Å²) in [6.07, 6.45) is 0.556. The third-order valence-electron chi connectivity index (χ3n) is 2.97. The van der Waals surface area contributed by atoms with Crippen molar-refractivity contribution in [1.82, 2.24) is 4.90 Å². The highest BCUT2D eigenvalue weighted by atomic mass is 32.2. The maximum Gasteiger partial charge on any atom is 0.409 e. The van der Waals surface area contributed by atoms with Gasteiger partial charge in [-0.05, 0) is 25.5 Å². The Morgan fingerprint density at radius 2 is 1.85 bits per heavy atom. The van der Waals surface area contributed by atoms with E-state index >= 15 is 0 Å². The molecule has 1 aromatic rings. The van der Waals surface area contributed by atoms with Crippen LogP contribution in [0.1, 0.15) is 12.0 Å². The van der Waals surface area contributed by atoms with Gasteiger partial charge < -0.3 is 9.64 Å². The number of ether oxygens (including phenoxy) is 1. The van der Waals surface area contributed by atoms with Crippen LogP contribution in [-0.4, -0.2) is 45.7 Å². The first-order valence-electron chi connectivity index (χ1n) is 6.37. The molecule has 0 spiro atoms. The van der Waals surface area contributed by atoms with E-state index in [9.17, 15) is 13.2 Å². The molecule has 1 heterocycles. The second-order valence-corrected chi connectivity index (χ2v) is 6.16. The Bertz CT molecular complexity index is 563. The van der Waals surface area contributed by atoms with Crippen LogP contribution in [-0.2, 0) is 19.0 Å². The van der Waals surface area contributed by atoms with E-state index in [1.165, 1.54) is 12.1 Å². The molecule has 6 nitrogen and oxygen atoms in total. The molecule has 1 amide bonds. The maximum absolute atomic E-state index is 11.8. The molecule has 0 atom stereocenters. The topological polar surface area (TPSA) is 72.9 Å². The molecule has 1 saturated heterocycles. The zero-order valence-corrected chi connectivity index (χ0v) is 12.1. The summed E-state index contributed by atoms with van der Waals surface area (Å²) in [5.41, 5.74) is 0.965. The molecule has 0 bridgehead atoms. The van der Waals surface area contributed by atoms with Gasteiger partial charge in [-0.15, -0.1) is 0 Å². The molecule has 0 N–H and O–H groups in total. The number of amides is 1. The van der Waals surface area contributed by atoms with Crippen molar-refractivity contribution in [2.45, 2.75) is 18.2 Å². The van der Waals surface area contributed by atoms with Crippen LogP contribution in [0.15, 0.2) is 29.2 Å². The first-order valence-corrected chi connectivity index (χ1v) is 7.78. The molecule has 110 valence electrons. The quantitative estimate of drug-likeness (QED) is 0.609. The van der Waals surface area contributed by atoms with Gasteiger partial charge in [0.05, 0.1) is 4.90 Å². The maximum atomic E-state index is 11.8. The fraction of sp³-hybridized carbons (Fsp3) is 0.462. The fourth-order valence-electron chi connectivity index (χ4n) is 1.64. The van der Waals surface area contributed by atoms with Crippen molar-refractivity contribution in [3.05, 3.63) is 29.8 Å². The third kappa shape index (κ3) is 3.71. The van der Waals surface area contributed by atoms with Crippen molar-refractivity contribution in [2.24, 2.45) is 0 Å². The molecule has 0 aliphatic carbocycles. The number of rotatable bonds is 5. The van der Waals surface area contributed by atoms with E-state index in [0.717, 1.165) is 12.0 Å². The minimum Gasteiger partial charge on any atom is -0.447 e. The Hall–Kier alpha value is -1.60. The highest BCUT2D eigenvalue weighted by Gasteiger charge is 2.21. The molecule has 1 aliphatic rings. The monoisotopic (exact) mass is 299 g/mol. The van der Waals surface area contributed by atoms with E-state index in [0.29, 0.717) is 13.1 Å². The molecule has 2 rings (SSSR count). The van der Waals surface area contributed by atoms with Gasteiger partial charge >= 0.3 is 6.09 Å². The van der Waals surface area contributed by atoms with Crippen molar-refractivity contribution in [3.8, 4) is 0 Å². The lowest BCUT2D eigenvalue weighted by Gasteiger charge is -2.29. The second-order valence-electron chi connectivity index (χ2n) is 4.54. The van der Waals surface area contributed by atoms with Crippen LogP contribution in [0.2, 0.25) is 0 Å². The molecular formula is C13H17NO5S. The standard InChI is InChI=1S/C13H17NO5S/c1-11-3-5-12(6-4-11)20(16,17)19-10-9-18-13(15)14-7-2-8-14/h3-6H,2,7-10H2,1H3. The van der Waals surface area contributed by atoms with Crippen molar-refractivity contribution < 1.29 is 22.1 Å². The van der Waals surface area contributed by atoms with E-state index in [1.807, 2.05) is 6.92 Å². The summed E-state index contributed by atoms with van der Waals surface area (Å²) < 4.78 is 33.3. The number of benzene rings is 1. The lowest BCUT2D eigenvalue weighted by atomic mass is 10.2. The summed E-state index contributed by atoms with van der Waals surface area (Å²) in [5, 5.41) is 0. The molecule has 1 aromatic carbocycles. The highest BCUT2D eigenvalue weighted by molar-refractivity contribution is 7.86. The lowest BCUT2D eigenvalue weighted by Crippen LogP contribution is -2.42. The predicted octanol–water partition coefficient (Wildman–Crippen LogP) is 1.54. The van der Waals surface area contributed by atoms with Crippen molar-refractivity contribution in [2.75, 3.05) is 26.3 Å². The van der Waals surface area contributed by atoms with Gasteiger partial charge in [-0.1, -0.05) is 17.7 Å². The zero-order valence-electron chi connectivity index (χ0n) is 11.2. The third-order valence-corrected chi connectivity index (χ3v) is 4.30. The number of hydrogen-bond donors (Lipinski definition) is 0. The van der Waals surface area contributed by atoms with Crippen LogP contribution in [0.4, 0.5) is 4.79 Å². The van der Waals surface area contributed by atoms with Crippen molar-refractivity contribution in [1.29, 1.82) is 0 Å². The minimum absolute atomic E-state index is 0.0829. The average molecular weight is 299 g/mol. The largest absolute Gasteiger partial charge is 0.447 e. The summed E-state index contributed by atoms with van der Waals surface area (Å²) in [5.74, 6) is 0. The number of aryl methyl sites for hydroxylation is 1. The van der Waals surface area contributed by atoms with Crippen molar-refractivity contribution >= 4 is 16.2 Å². The van der Waals surface area contributed by atoms with Crippen LogP contribution >= 0.6 is 0 Å². The molecule has 7 heteroatoms. The van der Waals surface area contributed by atoms with Crippen LogP contribution in [0.3, 0.4) is 0 Å². The molecule has 1 aliphatic heterocycles. The SMILES string of the molecule is Cc1ccc(S(=O)(=O)OCCOC(=O)N2CCC2)cc1. The van der Waals surface area contributed by atoms with Crippen LogP contribution in [0.5, 0.6) is 0 Å². The molecule has 0 radical (unpaired) electrons. The summed E-state index contributed by atoms with van der Waals surface area (Å²) in [4.78, 5) is 13.0. The van der Waals surface area contributed by atoms with Gasteiger partial charge in [0.25, 0.3) is 10.1 Å². The Balaban J connectivity index is 1.77. The molecule has 0 unspecified atom stereocenters. The van der Waals surface area contributed by atoms with E-state index in [-0.39, 0.29) is 18.1 Å². The molecule has 0 saturated carbocycles. The van der Waals surface area contributed by atoms with Crippen molar-refractivity contribution in [3.63, 3.8) is 0 Å². The molecule has 0 aromatic heterocycles. The molecular weight excluding hydrogens is 282 g/mol. The Kier molecular flexibility index (Phi) is 4.61. The number of likely N-dealkylation sites (tertiary alicyclic amines) is 1. The highest BCUT2D eigenvalue weighted by Crippen LogP contribution is 2.13. The second kappa shape index (κ2) is 6.23. The van der Waals surface area contributed by atoms with Gasteiger partial charge in [0.2, 0.25) is 0 Å². The average Bonchev–Trinajstić information content (AvgIpc) is 2.33. The number of hydrogen-bond acceptors (Lipinski definition) is 5. The Morgan fingerprint density at radius 3 is 2.40 bits per heavy atom. The van der Waals surface area contributed by atoms with E-state index in [1.54, 1.807) is 17.0 Å². The molecule has 20 heavy (non-hydrogen) atoms. The number of nitrogens with zero attached hydrogens (tertiary/aromatic N) is 1. The summed E-state index contributed by atoms with van der Waals surface area (Å²) in [6.45, 7) is 2.99. The Morgan fingerprint density at radius 1 is 1.20 bits per heavy atom. The van der Waals surface area contributed by atoms with Gasteiger partial charge in [-0.3, -0.25) is 4.18 Å². The number of carbonyl (C=O) groups is 1. The van der Waals surface area contributed by atoms with Crippen LogP contribution in [0.25, 0.3) is 0 Å². The first kappa shape index (κ1) is 14.8. The smallest absolute Gasteiger partial charge is 0.409 e. The van der Waals surface area contributed by atoms with Gasteiger partial charge in [-0.25, -0.2) is 4.79 Å². The molecule has 1 fully saturated rings. The predicted molar refractivity (Wildman–Crippen MR) is 71.9 cm³/mol. The fourth-order valence-corrected chi connectivity index (χ4v) is 2.53. The van der Waals surface area contributed by atoms with Crippen LogP contribution in [0, 0.1) is 6.92 Å². The van der Waals surface area contributed by atoms with Gasteiger partial charge in [-0.2, -0.15) is 8.42 Å². The van der Waals surface area contributed by atoms with E-state index in [4.69, 9.17) is 8.92 Å². The van der Waals surface area contributed by atoms with E-state index in [2.05, 4.69) is 0 Å². The first-order chi connectivity index (χ1) is 9.49. The van der Waals surface area contributed by atoms with Gasteiger partial charge in [0, 0.05) is 13.1 Å². The van der Waals surface area contributed by atoms with E-state index < -0.39 is 16.2 Å². The number of carbonyl (C=O) groups excluding carboxylic acids is 1. The zero-order chi connectivity index (χ0) is 14.6. The van der Waals surface area contributed by atoms with Crippen LogP contribution < -0.4 is 0 Å². The van der Waals surface area contributed by atoms with Gasteiger partial charge in [0.1, 0.15) is 13.2 Å².